The number of aromatic nitrogens is 1. The number of fused-ring (bicyclic) bond motifs is 3. The van der Waals surface area contributed by atoms with Crippen molar-refractivity contribution in [3.05, 3.63) is 64.8 Å². The van der Waals surface area contributed by atoms with E-state index in [9.17, 15) is 0 Å². The molecular formula is C19H20N2O. The highest BCUT2D eigenvalue weighted by atomic mass is 16.5. The zero-order valence-corrected chi connectivity index (χ0v) is 12.9. The predicted molar refractivity (Wildman–Crippen MR) is 89.6 cm³/mol. The number of aryl methyl sites for hydroxylation is 1. The number of nitrogens with one attached hydrogen (secondary N) is 2. The highest BCUT2D eigenvalue weighted by Crippen LogP contribution is 2.34. The van der Waals surface area contributed by atoms with Crippen LogP contribution in [0.25, 0.3) is 10.9 Å². The second-order valence-electron chi connectivity index (χ2n) is 5.98. The number of hydrogen-bond donors (Lipinski definition) is 2. The van der Waals surface area contributed by atoms with Crippen molar-refractivity contribution in [3.63, 3.8) is 0 Å². The van der Waals surface area contributed by atoms with Crippen LogP contribution in [0.1, 0.15) is 28.4 Å². The summed E-state index contributed by atoms with van der Waals surface area (Å²) in [5.74, 6) is 0.916. The molecule has 4 rings (SSSR count). The van der Waals surface area contributed by atoms with Gasteiger partial charge in [0.2, 0.25) is 0 Å². The topological polar surface area (TPSA) is 37.0 Å². The van der Waals surface area contributed by atoms with Gasteiger partial charge in [0.05, 0.1) is 13.2 Å². The van der Waals surface area contributed by atoms with Gasteiger partial charge in [-0.3, -0.25) is 0 Å². The van der Waals surface area contributed by atoms with Crippen molar-refractivity contribution < 1.29 is 4.74 Å². The minimum Gasteiger partial charge on any atom is -0.497 e. The molecule has 3 nitrogen and oxygen atoms in total. The van der Waals surface area contributed by atoms with Gasteiger partial charge in [0.1, 0.15) is 5.75 Å². The van der Waals surface area contributed by atoms with Crippen molar-refractivity contribution in [2.24, 2.45) is 0 Å². The Morgan fingerprint density at radius 2 is 1.91 bits per heavy atom. The summed E-state index contributed by atoms with van der Waals surface area (Å²) in [7, 11) is 1.72. The maximum absolute atomic E-state index is 5.38. The van der Waals surface area contributed by atoms with E-state index in [0.717, 1.165) is 18.7 Å². The van der Waals surface area contributed by atoms with E-state index >= 15 is 0 Å². The number of methoxy groups -OCH3 is 1. The van der Waals surface area contributed by atoms with E-state index in [1.54, 1.807) is 7.11 Å². The van der Waals surface area contributed by atoms with Crippen LogP contribution < -0.4 is 10.1 Å². The highest BCUT2D eigenvalue weighted by Gasteiger charge is 2.25. The van der Waals surface area contributed by atoms with Crippen molar-refractivity contribution >= 4 is 10.9 Å². The standard InChI is InChI=1S/C19H20N2O/c1-12-3-5-13(6-4-12)18-19-15(9-10-20-18)16-11-14(22-2)7-8-17(16)21-19/h3-8,11,18,20-21H,9-10H2,1-2H3. The molecule has 1 aliphatic heterocycles. The first-order valence-corrected chi connectivity index (χ1v) is 7.74. The molecule has 0 fully saturated rings. The van der Waals surface area contributed by atoms with Crippen LogP contribution in [0.5, 0.6) is 5.75 Å². The summed E-state index contributed by atoms with van der Waals surface area (Å²) in [4.78, 5) is 3.61. The third-order valence-corrected chi connectivity index (χ3v) is 4.57. The maximum atomic E-state index is 5.38. The van der Waals surface area contributed by atoms with Crippen molar-refractivity contribution in [2.45, 2.75) is 19.4 Å². The summed E-state index contributed by atoms with van der Waals surface area (Å²) in [5.41, 5.74) is 6.49. The van der Waals surface area contributed by atoms with Gasteiger partial charge in [0.25, 0.3) is 0 Å². The van der Waals surface area contributed by atoms with Gasteiger partial charge in [-0.25, -0.2) is 0 Å². The van der Waals surface area contributed by atoms with E-state index in [2.05, 4.69) is 53.6 Å². The highest BCUT2D eigenvalue weighted by molar-refractivity contribution is 5.86. The lowest BCUT2D eigenvalue weighted by molar-refractivity contribution is 0.415. The van der Waals surface area contributed by atoms with Gasteiger partial charge in [-0.15, -0.1) is 0 Å². The number of aromatic amines is 1. The van der Waals surface area contributed by atoms with Crippen LogP contribution in [-0.2, 0) is 6.42 Å². The Bertz CT molecular complexity index is 817. The Balaban J connectivity index is 1.85. The molecule has 0 amide bonds. The smallest absolute Gasteiger partial charge is 0.119 e. The van der Waals surface area contributed by atoms with E-state index in [4.69, 9.17) is 4.74 Å². The summed E-state index contributed by atoms with van der Waals surface area (Å²) in [6.45, 7) is 3.12. The number of ether oxygens (including phenoxy) is 1. The average Bonchev–Trinajstić information content (AvgIpc) is 2.93. The molecule has 112 valence electrons. The maximum Gasteiger partial charge on any atom is 0.119 e. The Morgan fingerprint density at radius 3 is 2.68 bits per heavy atom. The lowest BCUT2D eigenvalue weighted by Crippen LogP contribution is -2.30. The number of rotatable bonds is 2. The normalized spacial score (nSPS) is 17.5. The Morgan fingerprint density at radius 1 is 1.09 bits per heavy atom. The summed E-state index contributed by atoms with van der Waals surface area (Å²) in [5, 5.41) is 4.92. The number of H-pyrrole nitrogens is 1. The molecule has 3 aromatic rings. The van der Waals surface area contributed by atoms with Crippen molar-refractivity contribution in [1.29, 1.82) is 0 Å². The van der Waals surface area contributed by atoms with E-state index in [1.807, 2.05) is 6.07 Å². The molecule has 3 heteroatoms. The van der Waals surface area contributed by atoms with Gasteiger partial charge in [0, 0.05) is 23.1 Å². The second kappa shape index (κ2) is 5.18. The number of benzene rings is 2. The summed E-state index contributed by atoms with van der Waals surface area (Å²) in [6, 6.07) is 15.3. The molecule has 0 saturated carbocycles. The SMILES string of the molecule is COc1ccc2[nH]c3c(c2c1)CCNC3c1ccc(C)cc1. The van der Waals surface area contributed by atoms with Crippen LogP contribution in [-0.4, -0.2) is 18.6 Å². The van der Waals surface area contributed by atoms with Gasteiger partial charge in [-0.2, -0.15) is 0 Å². The van der Waals surface area contributed by atoms with Gasteiger partial charge in [0.15, 0.2) is 0 Å². The molecule has 1 unspecified atom stereocenters. The Labute approximate surface area is 130 Å². The van der Waals surface area contributed by atoms with Crippen LogP contribution in [0.3, 0.4) is 0 Å². The van der Waals surface area contributed by atoms with Crippen LogP contribution in [0.15, 0.2) is 42.5 Å². The van der Waals surface area contributed by atoms with Crippen LogP contribution in [0.4, 0.5) is 0 Å². The van der Waals surface area contributed by atoms with Crippen molar-refractivity contribution in [1.82, 2.24) is 10.3 Å². The van der Waals surface area contributed by atoms with Crippen LogP contribution in [0.2, 0.25) is 0 Å². The lowest BCUT2D eigenvalue weighted by atomic mass is 9.94. The minimum atomic E-state index is 0.239. The van der Waals surface area contributed by atoms with Gasteiger partial charge >= 0.3 is 0 Å². The number of hydrogen-bond acceptors (Lipinski definition) is 2. The quantitative estimate of drug-likeness (QED) is 0.755. The molecular weight excluding hydrogens is 272 g/mol. The molecule has 1 aliphatic rings. The molecule has 1 atom stereocenters. The van der Waals surface area contributed by atoms with Gasteiger partial charge in [-0.05, 0) is 42.7 Å². The average molecular weight is 292 g/mol. The van der Waals surface area contributed by atoms with E-state index in [1.165, 1.54) is 33.3 Å². The zero-order chi connectivity index (χ0) is 15.1. The summed E-state index contributed by atoms with van der Waals surface area (Å²) >= 11 is 0. The molecule has 0 bridgehead atoms. The Hall–Kier alpha value is -2.26. The molecule has 1 aromatic heterocycles. The zero-order valence-electron chi connectivity index (χ0n) is 12.9. The Kier molecular flexibility index (Phi) is 3.16. The summed E-state index contributed by atoms with van der Waals surface area (Å²) in [6.07, 6.45) is 1.05. The van der Waals surface area contributed by atoms with E-state index in [-0.39, 0.29) is 6.04 Å². The summed E-state index contributed by atoms with van der Waals surface area (Å²) < 4.78 is 5.38. The molecule has 0 aliphatic carbocycles. The molecule has 0 saturated heterocycles. The molecule has 22 heavy (non-hydrogen) atoms. The molecule has 0 radical (unpaired) electrons. The fourth-order valence-electron chi connectivity index (χ4n) is 3.38. The molecule has 2 N–H and O–H groups in total. The first kappa shape index (κ1) is 13.4. The van der Waals surface area contributed by atoms with Crippen molar-refractivity contribution in [2.75, 3.05) is 13.7 Å². The van der Waals surface area contributed by atoms with E-state index < -0.39 is 0 Å². The third-order valence-electron chi connectivity index (χ3n) is 4.57. The largest absolute Gasteiger partial charge is 0.497 e. The molecule has 2 heterocycles. The first-order valence-electron chi connectivity index (χ1n) is 7.74. The van der Waals surface area contributed by atoms with E-state index in [0.29, 0.717) is 0 Å². The minimum absolute atomic E-state index is 0.239. The molecule has 0 spiro atoms. The third kappa shape index (κ3) is 2.09. The van der Waals surface area contributed by atoms with Crippen molar-refractivity contribution in [3.8, 4) is 5.75 Å². The fourth-order valence-corrected chi connectivity index (χ4v) is 3.38. The molecule has 2 aromatic carbocycles. The lowest BCUT2D eigenvalue weighted by Gasteiger charge is -2.25. The van der Waals surface area contributed by atoms with Gasteiger partial charge < -0.3 is 15.0 Å². The monoisotopic (exact) mass is 292 g/mol. The van der Waals surface area contributed by atoms with Gasteiger partial charge in [-0.1, -0.05) is 29.8 Å². The second-order valence-corrected chi connectivity index (χ2v) is 5.98. The first-order chi connectivity index (χ1) is 10.8. The van der Waals surface area contributed by atoms with Crippen LogP contribution in [0, 0.1) is 6.92 Å². The van der Waals surface area contributed by atoms with Crippen LogP contribution >= 0.6 is 0 Å². The fraction of sp³-hybridized carbons (Fsp3) is 0.263. The predicted octanol–water partition coefficient (Wildman–Crippen LogP) is 3.72.